The van der Waals surface area contributed by atoms with Gasteiger partial charge in [0.2, 0.25) is 0 Å². The summed E-state index contributed by atoms with van der Waals surface area (Å²) in [6.07, 6.45) is 1.55. The summed E-state index contributed by atoms with van der Waals surface area (Å²) in [6, 6.07) is 5.36. The van der Waals surface area contributed by atoms with Crippen LogP contribution in [0.15, 0.2) is 18.3 Å². The van der Waals surface area contributed by atoms with Crippen LogP contribution in [0.2, 0.25) is 0 Å². The Balaban J connectivity index is 2.51. The number of nitriles is 1. The lowest BCUT2D eigenvalue weighted by molar-refractivity contribution is -0.133. The van der Waals surface area contributed by atoms with Gasteiger partial charge in [0.05, 0.1) is 5.75 Å². The van der Waals surface area contributed by atoms with Crippen molar-refractivity contribution in [3.8, 4) is 6.07 Å². The number of carboxylic acids is 1. The average Bonchev–Trinajstić information content (AvgIpc) is 2.18. The van der Waals surface area contributed by atoms with Crippen LogP contribution < -0.4 is 0 Å². The van der Waals surface area contributed by atoms with Gasteiger partial charge in [-0.3, -0.25) is 4.79 Å². The largest absolute Gasteiger partial charge is 0.481 e. The summed E-state index contributed by atoms with van der Waals surface area (Å²) in [5.74, 6) is -0.169. The van der Waals surface area contributed by atoms with Crippen LogP contribution in [0.4, 0.5) is 0 Å². The average molecular weight is 208 g/mol. The van der Waals surface area contributed by atoms with Crippen molar-refractivity contribution < 1.29 is 9.90 Å². The van der Waals surface area contributed by atoms with Gasteiger partial charge in [-0.25, -0.2) is 4.98 Å². The first-order chi connectivity index (χ1) is 6.72. The Kier molecular flexibility index (Phi) is 3.95. The van der Waals surface area contributed by atoms with Gasteiger partial charge in [0.1, 0.15) is 11.8 Å². The second kappa shape index (κ2) is 5.25. The van der Waals surface area contributed by atoms with Crippen molar-refractivity contribution >= 4 is 17.7 Å². The zero-order chi connectivity index (χ0) is 10.4. The number of thioether (sulfide) groups is 1. The standard InChI is InChI=1S/C9H8N2O2S/c10-4-8-3-7(1-2-11-8)5-14-6-9(12)13/h1-3H,5-6H2,(H,12,13). The monoisotopic (exact) mass is 208 g/mol. The molecule has 0 atom stereocenters. The van der Waals surface area contributed by atoms with E-state index in [2.05, 4.69) is 4.98 Å². The highest BCUT2D eigenvalue weighted by Crippen LogP contribution is 2.11. The minimum Gasteiger partial charge on any atom is -0.481 e. The Morgan fingerprint density at radius 2 is 2.50 bits per heavy atom. The maximum atomic E-state index is 10.2. The van der Waals surface area contributed by atoms with Crippen LogP contribution in [-0.2, 0) is 10.5 Å². The molecule has 0 saturated heterocycles. The van der Waals surface area contributed by atoms with E-state index in [1.54, 1.807) is 18.3 Å². The van der Waals surface area contributed by atoms with Crippen molar-refractivity contribution in [2.24, 2.45) is 0 Å². The van der Waals surface area contributed by atoms with Crippen LogP contribution in [0.5, 0.6) is 0 Å². The van der Waals surface area contributed by atoms with Gasteiger partial charge >= 0.3 is 5.97 Å². The Morgan fingerprint density at radius 3 is 3.14 bits per heavy atom. The highest BCUT2D eigenvalue weighted by atomic mass is 32.2. The van der Waals surface area contributed by atoms with E-state index in [0.717, 1.165) is 5.56 Å². The summed E-state index contributed by atoms with van der Waals surface area (Å²) in [6.45, 7) is 0. The fourth-order valence-electron chi connectivity index (χ4n) is 0.881. The molecule has 0 bridgehead atoms. The number of rotatable bonds is 4. The van der Waals surface area contributed by atoms with E-state index in [-0.39, 0.29) is 5.75 Å². The molecule has 1 aromatic heterocycles. The van der Waals surface area contributed by atoms with E-state index in [4.69, 9.17) is 10.4 Å². The van der Waals surface area contributed by atoms with E-state index in [1.165, 1.54) is 11.8 Å². The number of carbonyl (C=O) groups is 1. The number of hydrogen-bond acceptors (Lipinski definition) is 4. The number of pyridine rings is 1. The number of hydrogen-bond donors (Lipinski definition) is 1. The van der Waals surface area contributed by atoms with Crippen molar-refractivity contribution in [3.63, 3.8) is 0 Å². The molecule has 1 N–H and O–H groups in total. The number of nitrogens with zero attached hydrogens (tertiary/aromatic N) is 2. The second-order valence-electron chi connectivity index (χ2n) is 2.55. The van der Waals surface area contributed by atoms with Crippen molar-refractivity contribution in [2.75, 3.05) is 5.75 Å². The molecule has 0 amide bonds. The highest BCUT2D eigenvalue weighted by Gasteiger charge is 1.99. The van der Waals surface area contributed by atoms with Crippen LogP contribution in [0.3, 0.4) is 0 Å². The third kappa shape index (κ3) is 3.46. The Morgan fingerprint density at radius 1 is 1.71 bits per heavy atom. The van der Waals surface area contributed by atoms with E-state index >= 15 is 0 Å². The number of carboxylic acid groups (broad SMARTS) is 1. The van der Waals surface area contributed by atoms with E-state index in [9.17, 15) is 4.79 Å². The molecule has 72 valence electrons. The van der Waals surface area contributed by atoms with Gasteiger partial charge in [0.15, 0.2) is 0 Å². The molecule has 0 saturated carbocycles. The first-order valence-electron chi connectivity index (χ1n) is 3.87. The molecule has 5 heteroatoms. The van der Waals surface area contributed by atoms with Gasteiger partial charge in [0, 0.05) is 11.9 Å². The summed E-state index contributed by atoms with van der Waals surface area (Å²) in [5.41, 5.74) is 1.28. The number of aliphatic carboxylic acids is 1. The predicted molar refractivity (Wildman–Crippen MR) is 52.7 cm³/mol. The Hall–Kier alpha value is -1.54. The summed E-state index contributed by atoms with van der Waals surface area (Å²) < 4.78 is 0. The molecule has 14 heavy (non-hydrogen) atoms. The lowest BCUT2D eigenvalue weighted by Gasteiger charge is -1.98. The highest BCUT2D eigenvalue weighted by molar-refractivity contribution is 7.99. The van der Waals surface area contributed by atoms with E-state index < -0.39 is 5.97 Å². The van der Waals surface area contributed by atoms with Crippen molar-refractivity contribution in [3.05, 3.63) is 29.6 Å². The fraction of sp³-hybridized carbons (Fsp3) is 0.222. The Bertz CT molecular complexity index is 373. The molecule has 0 unspecified atom stereocenters. The first-order valence-corrected chi connectivity index (χ1v) is 5.02. The van der Waals surface area contributed by atoms with Crippen LogP contribution in [0.25, 0.3) is 0 Å². The Labute approximate surface area is 85.6 Å². The van der Waals surface area contributed by atoms with Crippen LogP contribution in [0, 0.1) is 11.3 Å². The molecule has 0 spiro atoms. The zero-order valence-electron chi connectivity index (χ0n) is 7.30. The second-order valence-corrected chi connectivity index (χ2v) is 3.53. The normalized spacial score (nSPS) is 9.36. The molecular weight excluding hydrogens is 200 g/mol. The molecule has 1 heterocycles. The van der Waals surface area contributed by atoms with Crippen molar-refractivity contribution in [1.29, 1.82) is 5.26 Å². The molecule has 0 aliphatic heterocycles. The minimum atomic E-state index is -0.829. The summed E-state index contributed by atoms with van der Waals surface area (Å²) in [7, 11) is 0. The van der Waals surface area contributed by atoms with Gasteiger partial charge < -0.3 is 5.11 Å². The zero-order valence-corrected chi connectivity index (χ0v) is 8.12. The van der Waals surface area contributed by atoms with Crippen LogP contribution in [0.1, 0.15) is 11.3 Å². The molecule has 4 nitrogen and oxygen atoms in total. The summed E-state index contributed by atoms with van der Waals surface area (Å²) >= 11 is 1.30. The van der Waals surface area contributed by atoms with E-state index in [0.29, 0.717) is 11.4 Å². The molecule has 0 aromatic carbocycles. The predicted octanol–water partition coefficient (Wildman–Crippen LogP) is 1.27. The van der Waals surface area contributed by atoms with Gasteiger partial charge in [-0.2, -0.15) is 5.26 Å². The van der Waals surface area contributed by atoms with Gasteiger partial charge in [-0.15, -0.1) is 11.8 Å². The smallest absolute Gasteiger partial charge is 0.313 e. The summed E-state index contributed by atoms with van der Waals surface area (Å²) in [4.78, 5) is 14.0. The minimum absolute atomic E-state index is 0.0736. The summed E-state index contributed by atoms with van der Waals surface area (Å²) in [5, 5.41) is 17.0. The number of aromatic nitrogens is 1. The topological polar surface area (TPSA) is 74.0 Å². The maximum absolute atomic E-state index is 10.2. The quantitative estimate of drug-likeness (QED) is 0.806. The molecule has 1 aromatic rings. The lowest BCUT2D eigenvalue weighted by atomic mass is 10.2. The van der Waals surface area contributed by atoms with Gasteiger partial charge in [-0.1, -0.05) is 0 Å². The van der Waals surface area contributed by atoms with E-state index in [1.807, 2.05) is 6.07 Å². The molecule has 0 aliphatic rings. The van der Waals surface area contributed by atoms with Crippen molar-refractivity contribution in [2.45, 2.75) is 5.75 Å². The third-order valence-electron chi connectivity index (χ3n) is 1.43. The fourth-order valence-corrected chi connectivity index (χ4v) is 1.57. The SMILES string of the molecule is N#Cc1cc(CSCC(=O)O)ccn1. The maximum Gasteiger partial charge on any atom is 0.313 e. The van der Waals surface area contributed by atoms with Crippen LogP contribution in [-0.4, -0.2) is 21.8 Å². The molecule has 0 radical (unpaired) electrons. The van der Waals surface area contributed by atoms with Crippen molar-refractivity contribution in [1.82, 2.24) is 4.98 Å². The lowest BCUT2D eigenvalue weighted by Crippen LogP contribution is -1.98. The van der Waals surface area contributed by atoms with Gasteiger partial charge in [-0.05, 0) is 17.7 Å². The third-order valence-corrected chi connectivity index (χ3v) is 2.42. The molecule has 0 aliphatic carbocycles. The van der Waals surface area contributed by atoms with Crippen LogP contribution >= 0.6 is 11.8 Å². The first kappa shape index (κ1) is 10.5. The van der Waals surface area contributed by atoms with Gasteiger partial charge in [0.25, 0.3) is 0 Å². The molecule has 1 rings (SSSR count). The molecule has 0 fully saturated rings. The molecular formula is C9H8N2O2S.